The highest BCUT2D eigenvalue weighted by molar-refractivity contribution is 5.56. The molecule has 0 atom stereocenters. The smallest absolute Gasteiger partial charge is 0.213 e. The number of benzene rings is 1. The van der Waals surface area contributed by atoms with Crippen LogP contribution in [0.15, 0.2) is 54.9 Å². The maximum atomic E-state index is 11.8. The number of anilines is 1. The van der Waals surface area contributed by atoms with Crippen molar-refractivity contribution >= 4 is 11.8 Å². The molecule has 0 unspecified atom stereocenters. The Kier molecular flexibility index (Phi) is 9.18. The van der Waals surface area contributed by atoms with Crippen LogP contribution in [-0.2, 0) is 9.47 Å². The number of halogens is 1. The molecule has 1 heterocycles. The summed E-state index contributed by atoms with van der Waals surface area (Å²) in [4.78, 5) is 6.31. The molecule has 1 aromatic carbocycles. The lowest BCUT2D eigenvalue weighted by atomic mass is 10.2. The fourth-order valence-corrected chi connectivity index (χ4v) is 2.10. The summed E-state index contributed by atoms with van der Waals surface area (Å²) in [6.07, 6.45) is 5.74. The number of hydrogen-bond donors (Lipinski definition) is 0. The van der Waals surface area contributed by atoms with E-state index in [9.17, 15) is 4.39 Å². The third-order valence-corrected chi connectivity index (χ3v) is 3.48. The number of aromatic nitrogens is 1. The molecule has 0 radical (unpaired) electrons. The molecule has 0 aliphatic rings. The SMILES string of the molecule is CN(/C=C/c1ccc(OCCOCCOCCF)nc1)c1ccccc1. The Labute approximate surface area is 154 Å². The standard InChI is InChI=1S/C20H25FN2O3/c1-23(19-5-3-2-4-6-19)11-9-18-7-8-20(22-17-18)26-16-15-25-14-13-24-12-10-21/h2-9,11,17H,10,12-16H2,1H3/b11-9+. The number of ether oxygens (including phenoxy) is 3. The van der Waals surface area contributed by atoms with Gasteiger partial charge in [0.25, 0.3) is 0 Å². The van der Waals surface area contributed by atoms with Gasteiger partial charge in [0.15, 0.2) is 0 Å². The van der Waals surface area contributed by atoms with Gasteiger partial charge in [0.2, 0.25) is 5.88 Å². The summed E-state index contributed by atoms with van der Waals surface area (Å²) < 4.78 is 27.6. The third kappa shape index (κ3) is 7.63. The van der Waals surface area contributed by atoms with Crippen LogP contribution in [0.4, 0.5) is 10.1 Å². The zero-order valence-electron chi connectivity index (χ0n) is 15.0. The molecule has 0 N–H and O–H groups in total. The predicted molar refractivity (Wildman–Crippen MR) is 101 cm³/mol. The van der Waals surface area contributed by atoms with Gasteiger partial charge in [0, 0.05) is 31.2 Å². The van der Waals surface area contributed by atoms with Gasteiger partial charge in [-0.15, -0.1) is 0 Å². The van der Waals surface area contributed by atoms with Gasteiger partial charge in [0.05, 0.1) is 26.4 Å². The second kappa shape index (κ2) is 12.0. The van der Waals surface area contributed by atoms with Crippen LogP contribution in [0.3, 0.4) is 0 Å². The number of alkyl halides is 1. The van der Waals surface area contributed by atoms with Crippen LogP contribution >= 0.6 is 0 Å². The van der Waals surface area contributed by atoms with Crippen molar-refractivity contribution in [1.29, 1.82) is 0 Å². The van der Waals surface area contributed by atoms with Gasteiger partial charge in [-0.1, -0.05) is 18.2 Å². The normalized spacial score (nSPS) is 11.0. The molecule has 140 valence electrons. The molecule has 0 aliphatic heterocycles. The van der Waals surface area contributed by atoms with Crippen LogP contribution in [0.1, 0.15) is 5.56 Å². The molecule has 0 bridgehead atoms. The quantitative estimate of drug-likeness (QED) is 0.542. The van der Waals surface area contributed by atoms with E-state index >= 15 is 0 Å². The summed E-state index contributed by atoms with van der Waals surface area (Å²) >= 11 is 0. The first kappa shape index (κ1) is 19.9. The molecule has 0 amide bonds. The van der Waals surface area contributed by atoms with Crippen molar-refractivity contribution in [2.24, 2.45) is 0 Å². The van der Waals surface area contributed by atoms with Crippen molar-refractivity contribution in [3.8, 4) is 5.88 Å². The fourth-order valence-electron chi connectivity index (χ4n) is 2.10. The average Bonchev–Trinajstić information content (AvgIpc) is 2.69. The molecule has 26 heavy (non-hydrogen) atoms. The molecule has 2 aromatic rings. The first-order valence-corrected chi connectivity index (χ1v) is 8.56. The number of hydrogen-bond acceptors (Lipinski definition) is 5. The topological polar surface area (TPSA) is 43.8 Å². The van der Waals surface area contributed by atoms with Crippen LogP contribution in [0.5, 0.6) is 5.88 Å². The maximum Gasteiger partial charge on any atom is 0.213 e. The summed E-state index contributed by atoms with van der Waals surface area (Å²) in [5.41, 5.74) is 2.10. The van der Waals surface area contributed by atoms with E-state index in [1.807, 2.05) is 54.6 Å². The minimum Gasteiger partial charge on any atom is -0.475 e. The van der Waals surface area contributed by atoms with E-state index in [0.29, 0.717) is 32.3 Å². The second-order valence-electron chi connectivity index (χ2n) is 5.45. The van der Waals surface area contributed by atoms with Gasteiger partial charge >= 0.3 is 0 Å². The molecule has 0 aliphatic carbocycles. The van der Waals surface area contributed by atoms with E-state index < -0.39 is 6.67 Å². The van der Waals surface area contributed by atoms with Gasteiger partial charge in [-0.3, -0.25) is 0 Å². The summed E-state index contributed by atoms with van der Waals surface area (Å²) in [6.45, 7) is 1.30. The number of para-hydroxylation sites is 1. The van der Waals surface area contributed by atoms with E-state index in [-0.39, 0.29) is 6.61 Å². The lowest BCUT2D eigenvalue weighted by Gasteiger charge is -2.13. The number of rotatable bonds is 12. The van der Waals surface area contributed by atoms with Gasteiger partial charge in [0.1, 0.15) is 13.3 Å². The minimum absolute atomic E-state index is 0.117. The van der Waals surface area contributed by atoms with Gasteiger partial charge < -0.3 is 19.1 Å². The zero-order chi connectivity index (χ0) is 18.5. The molecule has 2 rings (SSSR count). The number of pyridine rings is 1. The average molecular weight is 360 g/mol. The van der Waals surface area contributed by atoms with Crippen molar-refractivity contribution in [3.05, 3.63) is 60.4 Å². The number of nitrogens with zero attached hydrogens (tertiary/aromatic N) is 2. The molecule has 0 spiro atoms. The third-order valence-electron chi connectivity index (χ3n) is 3.48. The summed E-state index contributed by atoms with van der Waals surface area (Å²) in [5, 5.41) is 0. The Bertz CT molecular complexity index is 635. The maximum absolute atomic E-state index is 11.8. The van der Waals surface area contributed by atoms with Crippen LogP contribution < -0.4 is 9.64 Å². The van der Waals surface area contributed by atoms with Gasteiger partial charge in [-0.05, 0) is 29.8 Å². The van der Waals surface area contributed by atoms with Gasteiger partial charge in [-0.25, -0.2) is 9.37 Å². The Balaban J connectivity index is 1.67. The van der Waals surface area contributed by atoms with Crippen molar-refractivity contribution in [3.63, 3.8) is 0 Å². The molecule has 1 aromatic heterocycles. The first-order chi connectivity index (χ1) is 12.8. The van der Waals surface area contributed by atoms with E-state index in [4.69, 9.17) is 14.2 Å². The van der Waals surface area contributed by atoms with Crippen molar-refractivity contribution in [2.45, 2.75) is 0 Å². The van der Waals surface area contributed by atoms with E-state index in [2.05, 4.69) is 17.1 Å². The molecule has 6 heteroatoms. The Morgan fingerprint density at radius 1 is 0.962 bits per heavy atom. The highest BCUT2D eigenvalue weighted by Gasteiger charge is 1.98. The highest BCUT2D eigenvalue weighted by atomic mass is 19.1. The van der Waals surface area contributed by atoms with Crippen molar-refractivity contribution in [1.82, 2.24) is 4.98 Å². The summed E-state index contributed by atoms with van der Waals surface area (Å²) in [6, 6.07) is 13.9. The Morgan fingerprint density at radius 3 is 2.38 bits per heavy atom. The molecule has 0 saturated heterocycles. The largest absolute Gasteiger partial charge is 0.475 e. The van der Waals surface area contributed by atoms with Crippen molar-refractivity contribution in [2.75, 3.05) is 51.7 Å². The predicted octanol–water partition coefficient (Wildman–Crippen LogP) is 3.57. The minimum atomic E-state index is -0.470. The molecule has 0 fully saturated rings. The highest BCUT2D eigenvalue weighted by Crippen LogP contribution is 2.13. The van der Waals surface area contributed by atoms with E-state index in [1.165, 1.54) is 0 Å². The fraction of sp³-hybridized carbons (Fsp3) is 0.350. The lowest BCUT2D eigenvalue weighted by Crippen LogP contribution is -2.11. The molecule has 5 nitrogen and oxygen atoms in total. The van der Waals surface area contributed by atoms with Crippen molar-refractivity contribution < 1.29 is 18.6 Å². The molecular formula is C20H25FN2O3. The van der Waals surface area contributed by atoms with Crippen LogP contribution in [-0.4, -0.2) is 51.7 Å². The summed E-state index contributed by atoms with van der Waals surface area (Å²) in [5.74, 6) is 0.552. The Hall–Kier alpha value is -2.44. The van der Waals surface area contributed by atoms with Crippen LogP contribution in [0, 0.1) is 0 Å². The van der Waals surface area contributed by atoms with E-state index in [1.54, 1.807) is 6.20 Å². The van der Waals surface area contributed by atoms with Gasteiger partial charge in [-0.2, -0.15) is 0 Å². The lowest BCUT2D eigenvalue weighted by molar-refractivity contribution is 0.0320. The van der Waals surface area contributed by atoms with Crippen LogP contribution in [0.2, 0.25) is 0 Å². The molecule has 0 saturated carbocycles. The molecular weight excluding hydrogens is 335 g/mol. The second-order valence-corrected chi connectivity index (χ2v) is 5.45. The summed E-state index contributed by atoms with van der Waals surface area (Å²) in [7, 11) is 2.00. The zero-order valence-corrected chi connectivity index (χ0v) is 15.0. The first-order valence-electron chi connectivity index (χ1n) is 8.56. The van der Waals surface area contributed by atoms with Crippen LogP contribution in [0.25, 0.3) is 6.08 Å². The monoisotopic (exact) mass is 360 g/mol. The van der Waals surface area contributed by atoms with E-state index in [0.717, 1.165) is 11.3 Å². The Morgan fingerprint density at radius 2 is 1.69 bits per heavy atom.